The maximum atomic E-state index is 13.1. The summed E-state index contributed by atoms with van der Waals surface area (Å²) in [5.41, 5.74) is 6.56. The second-order valence-corrected chi connectivity index (χ2v) is 4.77. The Morgan fingerprint density at radius 1 is 1.17 bits per heavy atom. The Bertz CT molecular complexity index is 545. The minimum absolute atomic E-state index is 0.317. The van der Waals surface area contributed by atoms with E-state index in [1.54, 1.807) is 12.1 Å². The molecule has 0 unspecified atom stereocenters. The summed E-state index contributed by atoms with van der Waals surface area (Å²) < 4.78 is 19.7. The molecule has 18 heavy (non-hydrogen) atoms. The Hall–Kier alpha value is -1.39. The number of rotatable bonds is 4. The van der Waals surface area contributed by atoms with Gasteiger partial charge in [0.05, 0.1) is 0 Å². The van der Waals surface area contributed by atoms with Crippen LogP contribution in [0, 0.1) is 5.82 Å². The normalized spacial score (nSPS) is 10.4. The quantitative estimate of drug-likeness (QED) is 0.930. The summed E-state index contributed by atoms with van der Waals surface area (Å²) in [7, 11) is 0. The van der Waals surface area contributed by atoms with Gasteiger partial charge in [-0.3, -0.25) is 0 Å². The van der Waals surface area contributed by atoms with Gasteiger partial charge >= 0.3 is 0 Å². The molecule has 0 aliphatic heterocycles. The van der Waals surface area contributed by atoms with E-state index in [2.05, 4.69) is 15.9 Å². The summed E-state index contributed by atoms with van der Waals surface area (Å²) in [6.07, 6.45) is 0.720. The lowest BCUT2D eigenvalue weighted by Gasteiger charge is -2.11. The highest BCUT2D eigenvalue weighted by Crippen LogP contribution is 2.29. The minimum Gasteiger partial charge on any atom is -0.457 e. The molecule has 0 aliphatic carbocycles. The molecular formula is C14H13BrFNO. The predicted molar refractivity (Wildman–Crippen MR) is 73.4 cm³/mol. The minimum atomic E-state index is -0.317. The van der Waals surface area contributed by atoms with Crippen molar-refractivity contribution in [1.29, 1.82) is 0 Å². The van der Waals surface area contributed by atoms with Crippen molar-refractivity contribution in [2.24, 2.45) is 5.73 Å². The van der Waals surface area contributed by atoms with Crippen molar-refractivity contribution in [1.82, 2.24) is 0 Å². The lowest BCUT2D eigenvalue weighted by atomic mass is 10.1. The average molecular weight is 310 g/mol. The number of ether oxygens (including phenoxy) is 1. The fourth-order valence-corrected chi connectivity index (χ4v) is 1.98. The van der Waals surface area contributed by atoms with Crippen LogP contribution in [0.5, 0.6) is 11.5 Å². The molecule has 2 nitrogen and oxygen atoms in total. The smallest absolute Gasteiger partial charge is 0.131 e. The van der Waals surface area contributed by atoms with E-state index in [0.29, 0.717) is 18.0 Å². The first-order valence-electron chi connectivity index (χ1n) is 5.61. The van der Waals surface area contributed by atoms with Crippen LogP contribution in [-0.4, -0.2) is 6.54 Å². The number of hydrogen-bond donors (Lipinski definition) is 1. The summed E-state index contributed by atoms with van der Waals surface area (Å²) in [5, 5.41) is 0. The van der Waals surface area contributed by atoms with Gasteiger partial charge in [0.2, 0.25) is 0 Å². The highest BCUT2D eigenvalue weighted by molar-refractivity contribution is 9.10. The zero-order valence-corrected chi connectivity index (χ0v) is 11.3. The second-order valence-electron chi connectivity index (χ2n) is 3.85. The van der Waals surface area contributed by atoms with Crippen LogP contribution in [0.3, 0.4) is 0 Å². The molecule has 2 N–H and O–H groups in total. The van der Waals surface area contributed by atoms with Crippen LogP contribution in [0.1, 0.15) is 5.56 Å². The number of hydrogen-bond acceptors (Lipinski definition) is 2. The first-order valence-corrected chi connectivity index (χ1v) is 6.40. The molecule has 0 amide bonds. The topological polar surface area (TPSA) is 35.2 Å². The summed E-state index contributed by atoms with van der Waals surface area (Å²) >= 11 is 3.39. The van der Waals surface area contributed by atoms with Crippen LogP contribution in [0.4, 0.5) is 4.39 Å². The first kappa shape index (κ1) is 13.1. The predicted octanol–water partition coefficient (Wildman–Crippen LogP) is 3.88. The molecule has 0 saturated carbocycles. The maximum absolute atomic E-state index is 13.1. The van der Waals surface area contributed by atoms with Gasteiger partial charge in [0.25, 0.3) is 0 Å². The van der Waals surface area contributed by atoms with Crippen LogP contribution in [0.2, 0.25) is 0 Å². The molecule has 0 spiro atoms. The van der Waals surface area contributed by atoms with E-state index in [-0.39, 0.29) is 5.82 Å². The summed E-state index contributed by atoms with van der Waals surface area (Å²) in [6.45, 7) is 0.543. The number of halogens is 2. The van der Waals surface area contributed by atoms with Crippen LogP contribution in [0.15, 0.2) is 46.9 Å². The van der Waals surface area contributed by atoms with E-state index in [1.165, 1.54) is 12.1 Å². The molecule has 0 saturated heterocycles. The first-order chi connectivity index (χ1) is 8.69. The molecule has 94 valence electrons. The zero-order chi connectivity index (χ0) is 13.0. The molecular weight excluding hydrogens is 297 g/mol. The third kappa shape index (κ3) is 3.31. The Labute approximate surface area is 114 Å². The lowest BCUT2D eigenvalue weighted by molar-refractivity contribution is 0.470. The van der Waals surface area contributed by atoms with Crippen LogP contribution in [0.25, 0.3) is 0 Å². The van der Waals surface area contributed by atoms with Gasteiger partial charge in [-0.2, -0.15) is 0 Å². The molecule has 2 rings (SSSR count). The number of benzene rings is 2. The van der Waals surface area contributed by atoms with E-state index in [1.807, 2.05) is 18.2 Å². The summed E-state index contributed by atoms with van der Waals surface area (Å²) in [5.74, 6) is 0.856. The van der Waals surface area contributed by atoms with Crippen molar-refractivity contribution in [3.8, 4) is 11.5 Å². The summed E-state index contributed by atoms with van der Waals surface area (Å²) in [4.78, 5) is 0. The van der Waals surface area contributed by atoms with E-state index < -0.39 is 0 Å². The van der Waals surface area contributed by atoms with Gasteiger partial charge in [-0.25, -0.2) is 4.39 Å². The second kappa shape index (κ2) is 5.98. The van der Waals surface area contributed by atoms with Crippen molar-refractivity contribution in [3.63, 3.8) is 0 Å². The van der Waals surface area contributed by atoms with E-state index >= 15 is 0 Å². The van der Waals surface area contributed by atoms with Crippen molar-refractivity contribution in [2.45, 2.75) is 6.42 Å². The highest BCUT2D eigenvalue weighted by Gasteiger charge is 2.06. The van der Waals surface area contributed by atoms with Crippen molar-refractivity contribution < 1.29 is 9.13 Å². The molecule has 0 atom stereocenters. The third-order valence-corrected chi connectivity index (χ3v) is 2.96. The molecule has 4 heteroatoms. The van der Waals surface area contributed by atoms with E-state index in [0.717, 1.165) is 16.5 Å². The molecule has 2 aromatic rings. The van der Waals surface area contributed by atoms with Gasteiger partial charge in [-0.15, -0.1) is 0 Å². The fraction of sp³-hybridized carbons (Fsp3) is 0.143. The van der Waals surface area contributed by atoms with Crippen molar-refractivity contribution in [2.75, 3.05) is 6.54 Å². The standard InChI is InChI=1S/C14H13BrFNO/c15-11-5-4-10(6-7-17)14(8-11)18-13-3-1-2-12(16)9-13/h1-5,8-9H,6-7,17H2. The van der Waals surface area contributed by atoms with Gasteiger partial charge in [0, 0.05) is 10.5 Å². The lowest BCUT2D eigenvalue weighted by Crippen LogP contribution is -2.04. The maximum Gasteiger partial charge on any atom is 0.131 e. The van der Waals surface area contributed by atoms with Crippen LogP contribution >= 0.6 is 15.9 Å². The Kier molecular flexibility index (Phi) is 4.33. The van der Waals surface area contributed by atoms with Crippen LogP contribution < -0.4 is 10.5 Å². The molecule has 0 radical (unpaired) electrons. The third-order valence-electron chi connectivity index (χ3n) is 2.47. The average Bonchev–Trinajstić information content (AvgIpc) is 2.33. The SMILES string of the molecule is NCCc1ccc(Br)cc1Oc1cccc(F)c1. The molecule has 0 aliphatic rings. The molecule has 0 aromatic heterocycles. The highest BCUT2D eigenvalue weighted by atomic mass is 79.9. The fourth-order valence-electron chi connectivity index (χ4n) is 1.64. The van der Waals surface area contributed by atoms with E-state index in [4.69, 9.17) is 10.5 Å². The zero-order valence-electron chi connectivity index (χ0n) is 9.70. The monoisotopic (exact) mass is 309 g/mol. The van der Waals surface area contributed by atoms with Gasteiger partial charge in [-0.05, 0) is 42.8 Å². The van der Waals surface area contributed by atoms with Crippen LogP contribution in [-0.2, 0) is 6.42 Å². The van der Waals surface area contributed by atoms with E-state index in [9.17, 15) is 4.39 Å². The summed E-state index contributed by atoms with van der Waals surface area (Å²) in [6, 6.07) is 11.8. The molecule has 2 aromatic carbocycles. The van der Waals surface area contributed by atoms with Crippen molar-refractivity contribution >= 4 is 15.9 Å². The Morgan fingerprint density at radius 2 is 2.00 bits per heavy atom. The Morgan fingerprint density at radius 3 is 2.72 bits per heavy atom. The van der Waals surface area contributed by atoms with Crippen molar-refractivity contribution in [3.05, 3.63) is 58.3 Å². The van der Waals surface area contributed by atoms with Gasteiger partial charge in [-0.1, -0.05) is 28.1 Å². The largest absolute Gasteiger partial charge is 0.457 e. The van der Waals surface area contributed by atoms with Gasteiger partial charge < -0.3 is 10.5 Å². The molecule has 0 bridgehead atoms. The Balaban J connectivity index is 2.29. The molecule has 0 heterocycles. The number of nitrogens with two attached hydrogens (primary N) is 1. The van der Waals surface area contributed by atoms with Gasteiger partial charge in [0.15, 0.2) is 0 Å². The van der Waals surface area contributed by atoms with Gasteiger partial charge in [0.1, 0.15) is 17.3 Å². The molecule has 0 fully saturated rings.